The maximum Gasteiger partial charge on any atom is 0.406 e. The van der Waals surface area contributed by atoms with E-state index in [1.165, 1.54) is 0 Å². The number of rotatable bonds is 3. The molecule has 2 N–H and O–H groups in total. The molecule has 1 aromatic carbocycles. The second-order valence-electron chi connectivity index (χ2n) is 6.13. The lowest BCUT2D eigenvalue weighted by molar-refractivity contribution is -0.157. The van der Waals surface area contributed by atoms with Crippen molar-refractivity contribution in [3.63, 3.8) is 0 Å². The lowest BCUT2D eigenvalue weighted by atomic mass is 10.1. The first-order chi connectivity index (χ1) is 12.7. The van der Waals surface area contributed by atoms with Crippen LogP contribution in [0.2, 0.25) is 0 Å². The Morgan fingerprint density at radius 3 is 2.52 bits per heavy atom. The number of amides is 3. The molecule has 0 spiro atoms. The van der Waals surface area contributed by atoms with E-state index in [-0.39, 0.29) is 19.6 Å². The molecular formula is C16H16F3N3O5. The van der Waals surface area contributed by atoms with Gasteiger partial charge in [-0.25, -0.2) is 0 Å². The lowest BCUT2D eigenvalue weighted by Crippen LogP contribution is -2.52. The summed E-state index contributed by atoms with van der Waals surface area (Å²) >= 11 is 0. The number of carbonyl (C=O) groups is 3. The number of ether oxygens (including phenoxy) is 2. The molecule has 2 atom stereocenters. The van der Waals surface area contributed by atoms with Crippen LogP contribution >= 0.6 is 0 Å². The van der Waals surface area contributed by atoms with E-state index in [4.69, 9.17) is 9.47 Å². The normalized spacial score (nSPS) is 21.7. The van der Waals surface area contributed by atoms with Crippen LogP contribution in [0.3, 0.4) is 0 Å². The van der Waals surface area contributed by atoms with E-state index in [1.807, 2.05) is 0 Å². The minimum Gasteiger partial charge on any atom is -0.485 e. The fraction of sp³-hybridized carbons (Fsp3) is 0.438. The summed E-state index contributed by atoms with van der Waals surface area (Å²) in [5.41, 5.74) is 4.26. The highest BCUT2D eigenvalue weighted by molar-refractivity contribution is 5.91. The zero-order chi connectivity index (χ0) is 19.6. The Kier molecular flexibility index (Phi) is 5.10. The first-order valence-electron chi connectivity index (χ1n) is 8.05. The minimum atomic E-state index is -4.54. The first-order valence-corrected chi connectivity index (χ1v) is 8.05. The third kappa shape index (κ3) is 4.60. The van der Waals surface area contributed by atoms with Gasteiger partial charge in [-0.2, -0.15) is 13.2 Å². The van der Waals surface area contributed by atoms with E-state index in [1.54, 1.807) is 24.3 Å². The standard InChI is InChI=1S/C16H16F3N3O5/c17-16(18,19)8-22-6-9(5-13(22)23)14(24)20-21-15(25)12-7-26-10-3-1-2-4-11(10)27-12/h1-4,9,12H,5-8H2,(H,20,24)(H,21,25)/t9-,12+/m1/s1. The van der Waals surface area contributed by atoms with Gasteiger partial charge in [-0.05, 0) is 12.1 Å². The minimum absolute atomic E-state index is 0.0695. The van der Waals surface area contributed by atoms with Crippen LogP contribution in [0.5, 0.6) is 11.5 Å². The van der Waals surface area contributed by atoms with Gasteiger partial charge in [-0.1, -0.05) is 12.1 Å². The topological polar surface area (TPSA) is 97.0 Å². The molecule has 0 unspecified atom stereocenters. The molecule has 2 aliphatic rings. The van der Waals surface area contributed by atoms with E-state index in [0.29, 0.717) is 16.4 Å². The zero-order valence-electron chi connectivity index (χ0n) is 13.9. The summed E-state index contributed by atoms with van der Waals surface area (Å²) in [6, 6.07) is 6.74. The third-order valence-electron chi connectivity index (χ3n) is 4.07. The number of halogens is 3. The molecule has 27 heavy (non-hydrogen) atoms. The second-order valence-corrected chi connectivity index (χ2v) is 6.13. The summed E-state index contributed by atoms with van der Waals surface area (Å²) in [4.78, 5) is 36.3. The van der Waals surface area contributed by atoms with Gasteiger partial charge in [-0.15, -0.1) is 0 Å². The number of nitrogens with zero attached hydrogens (tertiary/aromatic N) is 1. The van der Waals surface area contributed by atoms with Crippen molar-refractivity contribution >= 4 is 17.7 Å². The van der Waals surface area contributed by atoms with Gasteiger partial charge >= 0.3 is 6.18 Å². The number of nitrogens with one attached hydrogen (secondary N) is 2. The Morgan fingerprint density at radius 1 is 1.15 bits per heavy atom. The van der Waals surface area contributed by atoms with Crippen LogP contribution in [0.1, 0.15) is 6.42 Å². The summed E-state index contributed by atoms with van der Waals surface area (Å²) in [6.07, 6.45) is -5.90. The summed E-state index contributed by atoms with van der Waals surface area (Å²) < 4.78 is 48.0. The first kappa shape index (κ1) is 18.8. The Balaban J connectivity index is 1.48. The maximum absolute atomic E-state index is 12.4. The molecule has 0 radical (unpaired) electrons. The van der Waals surface area contributed by atoms with Gasteiger partial charge in [0.1, 0.15) is 13.2 Å². The number of hydrogen-bond acceptors (Lipinski definition) is 5. The number of alkyl halides is 3. The van der Waals surface area contributed by atoms with E-state index >= 15 is 0 Å². The van der Waals surface area contributed by atoms with Gasteiger partial charge in [0.05, 0.1) is 5.92 Å². The monoisotopic (exact) mass is 387 g/mol. The van der Waals surface area contributed by atoms with Crippen molar-refractivity contribution in [1.82, 2.24) is 15.8 Å². The van der Waals surface area contributed by atoms with E-state index in [2.05, 4.69) is 10.9 Å². The van der Waals surface area contributed by atoms with E-state index in [9.17, 15) is 27.6 Å². The van der Waals surface area contributed by atoms with Gasteiger partial charge in [-0.3, -0.25) is 25.2 Å². The molecule has 1 saturated heterocycles. The van der Waals surface area contributed by atoms with Crippen molar-refractivity contribution in [2.75, 3.05) is 19.7 Å². The Labute approximate surface area is 151 Å². The van der Waals surface area contributed by atoms with Crippen molar-refractivity contribution in [2.45, 2.75) is 18.7 Å². The zero-order valence-corrected chi connectivity index (χ0v) is 13.9. The molecule has 1 aromatic rings. The highest BCUT2D eigenvalue weighted by atomic mass is 19.4. The van der Waals surface area contributed by atoms with E-state index in [0.717, 1.165) is 0 Å². The molecule has 3 rings (SSSR count). The molecular weight excluding hydrogens is 371 g/mol. The summed E-state index contributed by atoms with van der Waals surface area (Å²) in [6.45, 7) is -1.84. The predicted octanol–water partition coefficient (Wildman–Crippen LogP) is 0.385. The molecule has 0 aliphatic carbocycles. The molecule has 8 nitrogen and oxygen atoms in total. The van der Waals surface area contributed by atoms with Gasteiger partial charge in [0.25, 0.3) is 5.91 Å². The summed E-state index contributed by atoms with van der Waals surface area (Å²) in [5.74, 6) is -2.32. The molecule has 11 heteroatoms. The Morgan fingerprint density at radius 2 is 1.81 bits per heavy atom. The number of hydrazine groups is 1. The number of hydrogen-bond donors (Lipinski definition) is 2. The van der Waals surface area contributed by atoms with Crippen molar-refractivity contribution in [2.24, 2.45) is 5.92 Å². The third-order valence-corrected chi connectivity index (χ3v) is 4.07. The van der Waals surface area contributed by atoms with Crippen LogP contribution in [0.15, 0.2) is 24.3 Å². The fourth-order valence-corrected chi connectivity index (χ4v) is 2.77. The van der Waals surface area contributed by atoms with Crippen LogP contribution in [0.4, 0.5) is 13.2 Å². The largest absolute Gasteiger partial charge is 0.485 e. The molecule has 0 aromatic heterocycles. The average molecular weight is 387 g/mol. The van der Waals surface area contributed by atoms with Crippen LogP contribution < -0.4 is 20.3 Å². The van der Waals surface area contributed by atoms with Gasteiger partial charge in [0, 0.05) is 13.0 Å². The molecule has 2 aliphatic heterocycles. The molecule has 146 valence electrons. The highest BCUT2D eigenvalue weighted by Crippen LogP contribution is 2.30. The number of likely N-dealkylation sites (tertiary alicyclic amines) is 1. The van der Waals surface area contributed by atoms with Crippen LogP contribution in [-0.4, -0.2) is 54.6 Å². The molecule has 0 saturated carbocycles. The maximum atomic E-state index is 12.4. The van der Waals surface area contributed by atoms with Crippen LogP contribution in [0.25, 0.3) is 0 Å². The smallest absolute Gasteiger partial charge is 0.406 e. The van der Waals surface area contributed by atoms with Gasteiger partial charge in [0.2, 0.25) is 17.9 Å². The predicted molar refractivity (Wildman–Crippen MR) is 83.4 cm³/mol. The molecule has 0 bridgehead atoms. The molecule has 3 amide bonds. The fourth-order valence-electron chi connectivity index (χ4n) is 2.77. The van der Waals surface area contributed by atoms with Gasteiger partial charge in [0.15, 0.2) is 11.5 Å². The number of benzene rings is 1. The van der Waals surface area contributed by atoms with Crippen molar-refractivity contribution < 1.29 is 37.0 Å². The molecule has 1 fully saturated rings. The highest BCUT2D eigenvalue weighted by Gasteiger charge is 2.40. The quantitative estimate of drug-likeness (QED) is 0.732. The van der Waals surface area contributed by atoms with Gasteiger partial charge < -0.3 is 14.4 Å². The van der Waals surface area contributed by atoms with Crippen LogP contribution in [0, 0.1) is 5.92 Å². The second kappa shape index (κ2) is 7.33. The summed E-state index contributed by atoms with van der Waals surface area (Å²) in [5, 5.41) is 0. The molecule has 2 heterocycles. The number of carbonyl (C=O) groups excluding carboxylic acids is 3. The lowest BCUT2D eigenvalue weighted by Gasteiger charge is -2.25. The Bertz CT molecular complexity index is 755. The number of fused-ring (bicyclic) bond motifs is 1. The SMILES string of the molecule is O=C(NNC(=O)[C@@H]1COc2ccccc2O1)[C@@H]1CC(=O)N(CC(F)(F)F)C1. The van der Waals surface area contributed by atoms with Crippen molar-refractivity contribution in [1.29, 1.82) is 0 Å². The van der Waals surface area contributed by atoms with Crippen LogP contribution in [-0.2, 0) is 14.4 Å². The van der Waals surface area contributed by atoms with Crippen molar-refractivity contribution in [3.05, 3.63) is 24.3 Å². The summed E-state index contributed by atoms with van der Waals surface area (Å²) in [7, 11) is 0. The van der Waals surface area contributed by atoms with Crippen molar-refractivity contribution in [3.8, 4) is 11.5 Å². The average Bonchev–Trinajstić information content (AvgIpc) is 2.98. The Hall–Kier alpha value is -2.98. The van der Waals surface area contributed by atoms with E-state index < -0.39 is 42.5 Å². The number of para-hydroxylation sites is 2.